The van der Waals surface area contributed by atoms with Crippen molar-refractivity contribution < 1.29 is 62.0 Å². The fourth-order valence-electron chi connectivity index (χ4n) is 8.40. The van der Waals surface area contributed by atoms with Crippen LogP contribution >= 0.6 is 12.6 Å². The van der Waals surface area contributed by atoms with E-state index < -0.39 is 23.2 Å². The number of hydrogen-bond donors (Lipinski definition) is 5. The number of fused-ring (bicyclic) bond motifs is 2. The predicted octanol–water partition coefficient (Wildman–Crippen LogP) is 3.62. The van der Waals surface area contributed by atoms with Crippen molar-refractivity contribution in [1.29, 1.82) is 0 Å². The summed E-state index contributed by atoms with van der Waals surface area (Å²) in [5, 5.41) is 10.3. The number of amides is 7. The summed E-state index contributed by atoms with van der Waals surface area (Å²) in [6, 6.07) is 11.8. The van der Waals surface area contributed by atoms with Gasteiger partial charge in [-0.15, -0.1) is 0 Å². The van der Waals surface area contributed by atoms with Crippen molar-refractivity contribution in [3.05, 3.63) is 84.1 Å². The van der Waals surface area contributed by atoms with E-state index in [0.29, 0.717) is 53.5 Å². The van der Waals surface area contributed by atoms with E-state index in [1.165, 1.54) is 17.9 Å². The second kappa shape index (κ2) is 26.1. The van der Waals surface area contributed by atoms with Crippen LogP contribution in [0.2, 0.25) is 0 Å². The number of ether oxygens (including phenoxy) is 5. The number of thiol groups is 1. The molecule has 3 aliphatic rings. The highest BCUT2D eigenvalue weighted by molar-refractivity contribution is 7.81. The van der Waals surface area contributed by atoms with Gasteiger partial charge in [0.1, 0.15) is 11.8 Å². The molecule has 2 aromatic carbocycles. The molecule has 5 heterocycles. The van der Waals surface area contributed by atoms with Crippen molar-refractivity contribution in [2.24, 2.45) is 19.1 Å². The van der Waals surface area contributed by atoms with Gasteiger partial charge in [0, 0.05) is 95.3 Å². The quantitative estimate of drug-likeness (QED) is 0.0198. The second-order valence-corrected chi connectivity index (χ2v) is 18.9. The number of likely N-dealkylation sites (tertiary alicyclic amines) is 1. The largest absolute Gasteiger partial charge is 0.493 e. The third kappa shape index (κ3) is 14.7. The lowest BCUT2D eigenvalue weighted by molar-refractivity contribution is -0.138. The number of imide groups is 1. The summed E-state index contributed by atoms with van der Waals surface area (Å²) in [5.74, 6) is -1.84. The minimum absolute atomic E-state index is 0.00920. The number of carbonyl (C=O) groups is 8. The number of rotatable bonds is 26. The Hall–Kier alpha value is -7.83. The van der Waals surface area contributed by atoms with Crippen LogP contribution in [0.5, 0.6) is 11.5 Å². The number of benzene rings is 2. The number of methoxy groups -OCH3 is 1. The second-order valence-electron chi connectivity index (χ2n) is 18.3. The van der Waals surface area contributed by atoms with Crippen LogP contribution in [0.1, 0.15) is 76.9 Å². The Morgan fingerprint density at radius 3 is 2.32 bits per heavy atom. The molecule has 3 unspecified atom stereocenters. The highest BCUT2D eigenvalue weighted by Gasteiger charge is 2.37. The molecule has 7 amide bonds. The maximum absolute atomic E-state index is 13.3. The first-order valence-corrected chi connectivity index (χ1v) is 25.2. The lowest BCUT2D eigenvalue weighted by Gasteiger charge is -2.20. The summed E-state index contributed by atoms with van der Waals surface area (Å²) < 4.78 is 31.1. The van der Waals surface area contributed by atoms with Crippen LogP contribution in [-0.4, -0.2) is 161 Å². The van der Waals surface area contributed by atoms with E-state index in [1.54, 1.807) is 85.4 Å². The smallest absolute Gasteiger partial charge is 0.355 e. The molecule has 76 heavy (non-hydrogen) atoms. The summed E-state index contributed by atoms with van der Waals surface area (Å²) in [4.78, 5) is 112. The molecule has 0 bridgehead atoms. The van der Waals surface area contributed by atoms with Crippen LogP contribution in [0.4, 0.5) is 17.2 Å². The molecule has 2 saturated heterocycles. The molecule has 0 radical (unpaired) electrons. The van der Waals surface area contributed by atoms with Crippen LogP contribution in [-0.2, 0) is 52.3 Å². The standard InChI is InChI=1S/C52H62N10O13S/c1-31-21-36-27-54-38-24-41(40(71-5)23-37(38)50(68)62(36)28-31)74-16-6-7-46(65)57-43-30-60(4)48(58-43)49(67)56-35-10-8-33(9-11-35)34-22-39(59(3)29-34)52(70)75-32(2)26-55-45(64)13-17-72-19-20-73-18-14-53-44(63)12-15-61-47(66)25-42(76)51(61)69/h8-11,22-24,27,29-30,32,36,42,76H,1,6-7,12-21,25-26,28H2,2-5H3,(H,53,63)(H,55,64)(H,56,67)(H,57,65). The lowest BCUT2D eigenvalue weighted by atomic mass is 10.1. The van der Waals surface area contributed by atoms with Gasteiger partial charge < -0.3 is 59.0 Å². The molecular weight excluding hydrogens is 1000 g/mol. The molecule has 2 aromatic heterocycles. The number of carbonyl (C=O) groups excluding carboxylic acids is 8. The van der Waals surface area contributed by atoms with Gasteiger partial charge in [-0.1, -0.05) is 24.3 Å². The number of esters is 1. The maximum Gasteiger partial charge on any atom is 0.355 e. The topological polar surface area (TPSA) is 272 Å². The van der Waals surface area contributed by atoms with Crippen LogP contribution < -0.4 is 30.7 Å². The van der Waals surface area contributed by atoms with Gasteiger partial charge >= 0.3 is 5.97 Å². The summed E-state index contributed by atoms with van der Waals surface area (Å²) in [6.07, 6.45) is 5.65. The summed E-state index contributed by atoms with van der Waals surface area (Å²) in [6.45, 7) is 7.51. The number of nitrogens with one attached hydrogen (secondary N) is 4. The third-order valence-electron chi connectivity index (χ3n) is 12.4. The average molecular weight is 1070 g/mol. The van der Waals surface area contributed by atoms with Crippen molar-refractivity contribution in [3.63, 3.8) is 0 Å². The summed E-state index contributed by atoms with van der Waals surface area (Å²) >= 11 is 4.06. The first kappa shape index (κ1) is 55.9. The zero-order chi connectivity index (χ0) is 54.5. The van der Waals surface area contributed by atoms with Crippen molar-refractivity contribution in [1.82, 2.24) is 34.6 Å². The molecule has 4 aromatic rings. The number of imidazole rings is 1. The zero-order valence-corrected chi connectivity index (χ0v) is 43.7. The van der Waals surface area contributed by atoms with E-state index in [-0.39, 0.29) is 131 Å². The van der Waals surface area contributed by atoms with Gasteiger partial charge in [-0.2, -0.15) is 12.6 Å². The molecule has 0 saturated carbocycles. The van der Waals surface area contributed by atoms with E-state index >= 15 is 0 Å². The normalized spacial score (nSPS) is 16.2. The SMILES string of the molecule is C=C1CC2C=Nc3cc(OCCCC(=O)Nc4cn(C)c(C(=O)Nc5ccc(-c6cc(C(=O)OC(C)CNC(=O)CCOCCOCCNC(=O)CCN7C(=O)CC(S)C7=O)n(C)c6)cc5)n4)c(OC)cc3C(=O)N2C1. The number of anilines is 2. The van der Waals surface area contributed by atoms with E-state index in [2.05, 4.69) is 50.5 Å². The minimum atomic E-state index is -0.652. The lowest BCUT2D eigenvalue weighted by Crippen LogP contribution is -2.36. The van der Waals surface area contributed by atoms with Gasteiger partial charge in [0.15, 0.2) is 17.3 Å². The Kier molecular flexibility index (Phi) is 19.2. The zero-order valence-electron chi connectivity index (χ0n) is 42.8. The number of hydrogen-bond acceptors (Lipinski definition) is 16. The van der Waals surface area contributed by atoms with Crippen molar-refractivity contribution in [2.45, 2.75) is 62.8 Å². The van der Waals surface area contributed by atoms with Gasteiger partial charge in [-0.3, -0.25) is 43.5 Å². The molecule has 4 N–H and O–H groups in total. The third-order valence-corrected chi connectivity index (χ3v) is 12.8. The molecule has 0 aliphatic carbocycles. The van der Waals surface area contributed by atoms with Crippen LogP contribution in [0, 0.1) is 0 Å². The molecule has 7 rings (SSSR count). The molecule has 0 spiro atoms. The molecule has 23 nitrogen and oxygen atoms in total. The van der Waals surface area contributed by atoms with Crippen molar-refractivity contribution in [3.8, 4) is 22.6 Å². The molecule has 3 aliphatic heterocycles. The number of aliphatic imine (C=N–C) groups is 1. The molecule has 24 heteroatoms. The highest BCUT2D eigenvalue weighted by atomic mass is 32.1. The fourth-order valence-corrected chi connectivity index (χ4v) is 8.70. The number of nitrogens with zero attached hydrogens (tertiary/aromatic N) is 6. The Labute approximate surface area is 444 Å². The average Bonchev–Trinajstić information content (AvgIpc) is 4.14. The number of aryl methyl sites for hydroxylation is 2. The number of aromatic nitrogens is 3. The molecule has 3 atom stereocenters. The van der Waals surface area contributed by atoms with Gasteiger partial charge in [0.05, 0.1) is 69.2 Å². The molecule has 2 fully saturated rings. The Balaban J connectivity index is 0.760. The van der Waals surface area contributed by atoms with Crippen molar-refractivity contribution >= 4 is 83.4 Å². The van der Waals surface area contributed by atoms with Crippen LogP contribution in [0.3, 0.4) is 0 Å². The van der Waals surface area contributed by atoms with Gasteiger partial charge in [-0.05, 0) is 49.6 Å². The van der Waals surface area contributed by atoms with Crippen molar-refractivity contribution in [2.75, 3.05) is 77.0 Å². The maximum atomic E-state index is 13.3. The summed E-state index contributed by atoms with van der Waals surface area (Å²) in [7, 11) is 4.84. The summed E-state index contributed by atoms with van der Waals surface area (Å²) in [5.41, 5.74) is 4.14. The first-order chi connectivity index (χ1) is 36.5. The van der Waals surface area contributed by atoms with E-state index in [1.807, 2.05) is 0 Å². The monoisotopic (exact) mass is 1070 g/mol. The minimum Gasteiger partial charge on any atom is -0.493 e. The van der Waals surface area contributed by atoms with Gasteiger partial charge in [0.2, 0.25) is 35.4 Å². The van der Waals surface area contributed by atoms with Gasteiger partial charge in [-0.25, -0.2) is 9.78 Å². The van der Waals surface area contributed by atoms with E-state index in [0.717, 1.165) is 21.6 Å². The highest BCUT2D eigenvalue weighted by Crippen LogP contribution is 2.38. The fraction of sp³-hybridized carbons (Fsp3) is 0.423. The Bertz CT molecular complexity index is 2880. The van der Waals surface area contributed by atoms with E-state index in [4.69, 9.17) is 23.7 Å². The van der Waals surface area contributed by atoms with Crippen LogP contribution in [0.15, 0.2) is 72.0 Å². The van der Waals surface area contributed by atoms with Gasteiger partial charge in [0.25, 0.3) is 11.8 Å². The molecule has 404 valence electrons. The molecular formula is C52H62N10O13S. The Morgan fingerprint density at radius 2 is 1.58 bits per heavy atom. The predicted molar refractivity (Wildman–Crippen MR) is 281 cm³/mol. The van der Waals surface area contributed by atoms with E-state index in [9.17, 15) is 38.4 Å². The first-order valence-electron chi connectivity index (χ1n) is 24.7. The Morgan fingerprint density at radius 1 is 0.829 bits per heavy atom. The van der Waals surface area contributed by atoms with Crippen LogP contribution in [0.25, 0.3) is 11.1 Å².